The largest absolute Gasteiger partial charge is 0.392 e. The summed E-state index contributed by atoms with van der Waals surface area (Å²) in [5.41, 5.74) is 0.116. The standard InChI is InChI=1S/C11H9ClFN3O3S/c12-11-7(5-17)1-9(2-10(11)13)20(18,19)16-8-3-14-6-15-4-8/h1-4,6,16-17H,5H2. The first kappa shape index (κ1) is 14.6. The summed E-state index contributed by atoms with van der Waals surface area (Å²) >= 11 is 5.61. The van der Waals surface area contributed by atoms with Crippen LogP contribution in [0.25, 0.3) is 0 Å². The zero-order chi connectivity index (χ0) is 14.8. The summed E-state index contributed by atoms with van der Waals surface area (Å²) in [7, 11) is -4.02. The Morgan fingerprint density at radius 2 is 1.95 bits per heavy atom. The van der Waals surface area contributed by atoms with Crippen molar-refractivity contribution in [2.75, 3.05) is 4.72 Å². The molecule has 2 aromatic rings. The first-order valence-corrected chi connectivity index (χ1v) is 7.17. The number of aliphatic hydroxyl groups excluding tert-OH is 1. The van der Waals surface area contributed by atoms with Crippen LogP contribution >= 0.6 is 11.6 Å². The molecule has 0 spiro atoms. The van der Waals surface area contributed by atoms with E-state index < -0.39 is 22.4 Å². The van der Waals surface area contributed by atoms with Crippen LogP contribution in [0.2, 0.25) is 5.02 Å². The predicted octanol–water partition coefficient (Wildman–Crippen LogP) is 1.56. The van der Waals surface area contributed by atoms with Crippen LogP contribution in [0.3, 0.4) is 0 Å². The number of halogens is 2. The summed E-state index contributed by atoms with van der Waals surface area (Å²) in [6, 6.07) is 1.87. The number of aliphatic hydroxyl groups is 1. The van der Waals surface area contributed by atoms with Crippen LogP contribution in [0.15, 0.2) is 35.7 Å². The third-order valence-electron chi connectivity index (χ3n) is 2.37. The number of benzene rings is 1. The lowest BCUT2D eigenvalue weighted by Gasteiger charge is -2.10. The molecule has 0 unspecified atom stereocenters. The summed E-state index contributed by atoms with van der Waals surface area (Å²) in [4.78, 5) is 6.95. The molecule has 1 aromatic heterocycles. The third-order valence-corrected chi connectivity index (χ3v) is 4.15. The minimum atomic E-state index is -4.02. The lowest BCUT2D eigenvalue weighted by atomic mass is 10.2. The van der Waals surface area contributed by atoms with Crippen LogP contribution < -0.4 is 4.72 Å². The number of rotatable bonds is 4. The summed E-state index contributed by atoms with van der Waals surface area (Å²) in [5.74, 6) is -0.928. The van der Waals surface area contributed by atoms with Crippen molar-refractivity contribution in [3.05, 3.63) is 47.3 Å². The lowest BCUT2D eigenvalue weighted by molar-refractivity contribution is 0.281. The van der Waals surface area contributed by atoms with Gasteiger partial charge < -0.3 is 5.11 Å². The molecule has 1 aromatic carbocycles. The molecule has 0 aliphatic rings. The van der Waals surface area contributed by atoms with Crippen LogP contribution in [0.1, 0.15) is 5.56 Å². The number of aromatic nitrogens is 2. The van der Waals surface area contributed by atoms with Gasteiger partial charge in [0.05, 0.1) is 34.6 Å². The van der Waals surface area contributed by atoms with Gasteiger partial charge in [-0.25, -0.2) is 22.8 Å². The SMILES string of the molecule is O=S(=O)(Nc1cncnc1)c1cc(F)c(Cl)c(CO)c1. The maximum absolute atomic E-state index is 13.5. The molecular formula is C11H9ClFN3O3S. The van der Waals surface area contributed by atoms with Gasteiger partial charge in [0.1, 0.15) is 12.1 Å². The van der Waals surface area contributed by atoms with Crippen molar-refractivity contribution >= 4 is 27.3 Å². The Morgan fingerprint density at radius 3 is 2.55 bits per heavy atom. The Balaban J connectivity index is 2.42. The Labute approximate surface area is 119 Å². The van der Waals surface area contributed by atoms with Crippen molar-refractivity contribution in [3.8, 4) is 0 Å². The number of hydrogen-bond acceptors (Lipinski definition) is 5. The van der Waals surface area contributed by atoms with Crippen LogP contribution in [0, 0.1) is 5.82 Å². The molecule has 0 aliphatic heterocycles. The van der Waals surface area contributed by atoms with Crippen LogP contribution in [-0.4, -0.2) is 23.5 Å². The Hall–Kier alpha value is -1.77. The number of anilines is 1. The smallest absolute Gasteiger partial charge is 0.262 e. The number of nitrogens with one attached hydrogen (secondary N) is 1. The van der Waals surface area contributed by atoms with Gasteiger partial charge in [-0.05, 0) is 12.1 Å². The number of sulfonamides is 1. The molecule has 2 N–H and O–H groups in total. The quantitative estimate of drug-likeness (QED) is 0.893. The summed E-state index contributed by atoms with van der Waals surface area (Å²) in [5, 5.41) is 8.73. The molecule has 106 valence electrons. The molecule has 0 atom stereocenters. The molecule has 0 saturated carbocycles. The maximum atomic E-state index is 13.5. The van der Waals surface area contributed by atoms with E-state index in [9.17, 15) is 12.8 Å². The van der Waals surface area contributed by atoms with Gasteiger partial charge in [0, 0.05) is 5.56 Å². The molecule has 0 saturated heterocycles. The van der Waals surface area contributed by atoms with Crippen molar-refractivity contribution in [3.63, 3.8) is 0 Å². The summed E-state index contributed by atoms with van der Waals surface area (Å²) in [6.07, 6.45) is 3.75. The fourth-order valence-corrected chi connectivity index (χ4v) is 2.71. The van der Waals surface area contributed by atoms with Crippen LogP contribution in [0.4, 0.5) is 10.1 Å². The van der Waals surface area contributed by atoms with Crippen molar-refractivity contribution in [2.24, 2.45) is 0 Å². The Kier molecular flexibility index (Phi) is 4.17. The number of nitrogens with zero attached hydrogens (tertiary/aromatic N) is 2. The second-order valence-electron chi connectivity index (χ2n) is 3.77. The van der Waals surface area contributed by atoms with Crippen molar-refractivity contribution < 1.29 is 17.9 Å². The van der Waals surface area contributed by atoms with Gasteiger partial charge >= 0.3 is 0 Å². The second-order valence-corrected chi connectivity index (χ2v) is 5.83. The molecule has 0 amide bonds. The number of hydrogen-bond donors (Lipinski definition) is 2. The first-order valence-electron chi connectivity index (χ1n) is 5.30. The van der Waals surface area contributed by atoms with E-state index in [2.05, 4.69) is 14.7 Å². The van der Waals surface area contributed by atoms with Crippen LogP contribution in [0.5, 0.6) is 0 Å². The average molecular weight is 318 g/mol. The van der Waals surface area contributed by atoms with E-state index in [-0.39, 0.29) is 21.2 Å². The van der Waals surface area contributed by atoms with Gasteiger partial charge in [0.15, 0.2) is 0 Å². The highest BCUT2D eigenvalue weighted by Crippen LogP contribution is 2.25. The monoisotopic (exact) mass is 317 g/mol. The van der Waals surface area contributed by atoms with Crippen molar-refractivity contribution in [1.82, 2.24) is 9.97 Å². The van der Waals surface area contributed by atoms with E-state index in [1.165, 1.54) is 18.7 Å². The molecule has 0 fully saturated rings. The maximum Gasteiger partial charge on any atom is 0.262 e. The van der Waals surface area contributed by atoms with Crippen molar-refractivity contribution in [2.45, 2.75) is 11.5 Å². The molecule has 20 heavy (non-hydrogen) atoms. The highest BCUT2D eigenvalue weighted by atomic mass is 35.5. The minimum absolute atomic E-state index is 0.0173. The Bertz CT molecular complexity index is 725. The van der Waals surface area contributed by atoms with Gasteiger partial charge in [0.2, 0.25) is 0 Å². The first-order chi connectivity index (χ1) is 9.44. The normalized spacial score (nSPS) is 11.3. The molecule has 2 rings (SSSR count). The highest BCUT2D eigenvalue weighted by molar-refractivity contribution is 7.92. The third kappa shape index (κ3) is 3.03. The predicted molar refractivity (Wildman–Crippen MR) is 70.2 cm³/mol. The van der Waals surface area contributed by atoms with Gasteiger partial charge in [-0.2, -0.15) is 0 Å². The molecule has 0 bridgehead atoms. The molecular weight excluding hydrogens is 309 g/mol. The molecule has 6 nitrogen and oxygen atoms in total. The van der Waals surface area contributed by atoms with Crippen LogP contribution in [-0.2, 0) is 16.6 Å². The molecule has 0 aliphatic carbocycles. The fourth-order valence-electron chi connectivity index (χ4n) is 1.45. The van der Waals surface area contributed by atoms with E-state index in [0.717, 1.165) is 12.1 Å². The highest BCUT2D eigenvalue weighted by Gasteiger charge is 2.19. The summed E-state index contributed by atoms with van der Waals surface area (Å²) in [6.45, 7) is -0.576. The topological polar surface area (TPSA) is 92.2 Å². The van der Waals surface area contributed by atoms with Crippen molar-refractivity contribution in [1.29, 1.82) is 0 Å². The van der Waals surface area contributed by atoms with Gasteiger partial charge in [-0.15, -0.1) is 0 Å². The van der Waals surface area contributed by atoms with E-state index in [1.807, 2.05) is 0 Å². The van der Waals surface area contributed by atoms with E-state index in [4.69, 9.17) is 16.7 Å². The molecule has 1 heterocycles. The van der Waals surface area contributed by atoms with E-state index >= 15 is 0 Å². The Morgan fingerprint density at radius 1 is 1.30 bits per heavy atom. The summed E-state index contributed by atoms with van der Waals surface area (Å²) < 4.78 is 39.9. The zero-order valence-corrected chi connectivity index (χ0v) is 11.5. The molecule has 0 radical (unpaired) electrons. The minimum Gasteiger partial charge on any atom is -0.392 e. The zero-order valence-electron chi connectivity index (χ0n) is 9.92. The molecule has 9 heteroatoms. The van der Waals surface area contributed by atoms with Gasteiger partial charge in [0.25, 0.3) is 10.0 Å². The lowest BCUT2D eigenvalue weighted by Crippen LogP contribution is -2.14. The second kappa shape index (κ2) is 5.70. The fraction of sp³-hybridized carbons (Fsp3) is 0.0909. The van der Waals surface area contributed by atoms with Gasteiger partial charge in [-0.1, -0.05) is 11.6 Å². The van der Waals surface area contributed by atoms with Gasteiger partial charge in [-0.3, -0.25) is 4.72 Å². The average Bonchev–Trinajstić information content (AvgIpc) is 2.42. The van der Waals surface area contributed by atoms with E-state index in [0.29, 0.717) is 0 Å². The van der Waals surface area contributed by atoms with E-state index in [1.54, 1.807) is 0 Å².